The summed E-state index contributed by atoms with van der Waals surface area (Å²) < 4.78 is 17.8. The van der Waals surface area contributed by atoms with Crippen molar-refractivity contribution in [2.24, 2.45) is 16.7 Å². The maximum atomic E-state index is 13.2. The van der Waals surface area contributed by atoms with Gasteiger partial charge in [0.25, 0.3) is 0 Å². The monoisotopic (exact) mass is 519 g/mol. The Morgan fingerprint density at radius 1 is 1.21 bits per heavy atom. The van der Waals surface area contributed by atoms with Crippen molar-refractivity contribution < 1.29 is 28.9 Å². The highest BCUT2D eigenvalue weighted by Gasteiger charge is 2.70. The molecule has 2 aliphatic heterocycles. The van der Waals surface area contributed by atoms with Crippen LogP contribution in [0.4, 0.5) is 0 Å². The molecule has 4 aliphatic rings. The molecule has 2 saturated carbocycles. The number of carbonyl (C=O) groups excluding carboxylic acids is 1. The number of hydrogen-bond acceptors (Lipinski definition) is 8. The van der Waals surface area contributed by atoms with Gasteiger partial charge in [0.1, 0.15) is 23.7 Å². The molecule has 2 N–H and O–H groups in total. The standard InChI is InChI=1S/C30H33NO7/c1-17(2)30(35)10-9-27(3)22-12-19-21(13-20(37-26(19)34)18-6-5-11-31-15-18)38-28(22,4)24(32)14-23(27)29(30)8-7-25(33)36-16-29/h5-6,11-13,15,23-24,32,35H,1,7-10,14,16H2,2-4H3/t23-,24-,27-,28-,29-,30+/m1/s1. The van der Waals surface area contributed by atoms with Crippen LogP contribution in [0.5, 0.6) is 5.75 Å². The molecule has 1 spiro atoms. The predicted octanol–water partition coefficient (Wildman–Crippen LogP) is 4.05. The normalized spacial score (nSPS) is 37.7. The van der Waals surface area contributed by atoms with E-state index in [0.29, 0.717) is 53.9 Å². The lowest BCUT2D eigenvalue weighted by molar-refractivity contribution is -0.230. The molecule has 6 atom stereocenters. The third kappa shape index (κ3) is 3.19. The summed E-state index contributed by atoms with van der Waals surface area (Å²) in [4.78, 5) is 29.4. The Kier molecular flexibility index (Phi) is 5.37. The number of esters is 1. The average Bonchev–Trinajstić information content (AvgIpc) is 2.89. The van der Waals surface area contributed by atoms with Crippen LogP contribution in [0.3, 0.4) is 0 Å². The first-order valence-electron chi connectivity index (χ1n) is 13.2. The molecule has 1 saturated heterocycles. The molecule has 2 aromatic rings. The van der Waals surface area contributed by atoms with Gasteiger partial charge < -0.3 is 24.1 Å². The number of pyridine rings is 1. The molecule has 0 bridgehead atoms. The number of hydrogen-bond donors (Lipinski definition) is 2. The van der Waals surface area contributed by atoms with Gasteiger partial charge in [0.15, 0.2) is 5.60 Å². The fourth-order valence-corrected chi connectivity index (χ4v) is 7.83. The van der Waals surface area contributed by atoms with E-state index >= 15 is 0 Å². The van der Waals surface area contributed by atoms with Gasteiger partial charge in [-0.3, -0.25) is 9.78 Å². The molecule has 0 radical (unpaired) electrons. The fourth-order valence-electron chi connectivity index (χ4n) is 7.83. The maximum absolute atomic E-state index is 13.2. The van der Waals surface area contributed by atoms with Crippen LogP contribution in [0.25, 0.3) is 17.4 Å². The molecule has 2 aromatic heterocycles. The maximum Gasteiger partial charge on any atom is 0.347 e. The van der Waals surface area contributed by atoms with E-state index in [1.54, 1.807) is 30.6 Å². The Hall–Kier alpha value is -3.23. The minimum absolute atomic E-state index is 0.0558. The van der Waals surface area contributed by atoms with Crippen molar-refractivity contribution in [1.82, 2.24) is 4.98 Å². The zero-order chi connectivity index (χ0) is 27.1. The summed E-state index contributed by atoms with van der Waals surface area (Å²) in [5.41, 5.74) is -1.89. The van der Waals surface area contributed by atoms with Crippen molar-refractivity contribution in [2.45, 2.75) is 70.2 Å². The second-order valence-electron chi connectivity index (χ2n) is 11.9. The molecule has 6 rings (SSSR count). The summed E-state index contributed by atoms with van der Waals surface area (Å²) in [6.07, 6.45) is 6.09. The lowest BCUT2D eigenvalue weighted by atomic mass is 9.40. The van der Waals surface area contributed by atoms with Crippen LogP contribution in [0.1, 0.15) is 58.4 Å². The number of aliphatic hydroxyl groups is 2. The highest BCUT2D eigenvalue weighted by molar-refractivity contribution is 5.71. The third-order valence-corrected chi connectivity index (χ3v) is 9.99. The van der Waals surface area contributed by atoms with E-state index in [0.717, 1.165) is 5.57 Å². The zero-order valence-corrected chi connectivity index (χ0v) is 22.0. The quantitative estimate of drug-likeness (QED) is 0.451. The number of carbonyl (C=O) groups is 1. The van der Waals surface area contributed by atoms with E-state index in [2.05, 4.69) is 18.5 Å². The topological polar surface area (TPSA) is 119 Å². The summed E-state index contributed by atoms with van der Waals surface area (Å²) in [5, 5.41) is 23.7. The highest BCUT2D eigenvalue weighted by Crippen LogP contribution is 2.69. The largest absolute Gasteiger partial charge is 0.479 e. The van der Waals surface area contributed by atoms with Gasteiger partial charge in [0.05, 0.1) is 11.7 Å². The second kappa shape index (κ2) is 8.13. The van der Waals surface area contributed by atoms with Gasteiger partial charge >= 0.3 is 11.6 Å². The Morgan fingerprint density at radius 2 is 2.00 bits per heavy atom. The van der Waals surface area contributed by atoms with E-state index in [9.17, 15) is 19.8 Å². The van der Waals surface area contributed by atoms with Crippen molar-refractivity contribution in [3.63, 3.8) is 0 Å². The van der Waals surface area contributed by atoms with Crippen molar-refractivity contribution in [3.8, 4) is 17.1 Å². The van der Waals surface area contributed by atoms with E-state index in [1.807, 2.05) is 19.9 Å². The molecule has 2 aliphatic carbocycles. The summed E-state index contributed by atoms with van der Waals surface area (Å²) in [6, 6.07) is 5.23. The number of cyclic esters (lactones) is 1. The SMILES string of the molecule is C=C(C)[C@@]1(O)CC[C@]2(C)C3=Cc4c(cc(-c5cccnc5)oc4=O)O[C@@]3(C)[C@H](O)C[C@H]2[C@]12CCC(=O)OC2. The summed E-state index contributed by atoms with van der Waals surface area (Å²) in [5.74, 6) is 0.149. The zero-order valence-electron chi connectivity index (χ0n) is 22.0. The van der Waals surface area contributed by atoms with Crippen molar-refractivity contribution in [2.75, 3.05) is 6.61 Å². The van der Waals surface area contributed by atoms with Gasteiger partial charge in [0.2, 0.25) is 0 Å². The van der Waals surface area contributed by atoms with Crippen LogP contribution in [-0.4, -0.2) is 45.1 Å². The first-order chi connectivity index (χ1) is 17.9. The third-order valence-electron chi connectivity index (χ3n) is 9.99. The van der Waals surface area contributed by atoms with Crippen LogP contribution in [-0.2, 0) is 9.53 Å². The van der Waals surface area contributed by atoms with Crippen molar-refractivity contribution in [1.29, 1.82) is 0 Å². The predicted molar refractivity (Wildman–Crippen MR) is 139 cm³/mol. The van der Waals surface area contributed by atoms with Crippen LogP contribution in [0.15, 0.2) is 57.5 Å². The van der Waals surface area contributed by atoms with Crippen LogP contribution in [0.2, 0.25) is 0 Å². The van der Waals surface area contributed by atoms with Gasteiger partial charge in [-0.25, -0.2) is 4.79 Å². The molecular weight excluding hydrogens is 486 g/mol. The molecule has 8 heteroatoms. The van der Waals surface area contributed by atoms with Crippen LogP contribution >= 0.6 is 0 Å². The van der Waals surface area contributed by atoms with Crippen LogP contribution < -0.4 is 10.4 Å². The van der Waals surface area contributed by atoms with Gasteiger partial charge in [-0.2, -0.15) is 0 Å². The lowest BCUT2D eigenvalue weighted by Gasteiger charge is -2.67. The van der Waals surface area contributed by atoms with Gasteiger partial charge in [-0.05, 0) is 80.2 Å². The van der Waals surface area contributed by atoms with Gasteiger partial charge in [0, 0.05) is 35.9 Å². The number of ether oxygens (including phenoxy) is 2. The highest BCUT2D eigenvalue weighted by atomic mass is 16.5. The van der Waals surface area contributed by atoms with Crippen molar-refractivity contribution in [3.05, 3.63) is 64.3 Å². The molecular formula is C30H33NO7. The molecule has 0 amide bonds. The number of aromatic nitrogens is 1. The van der Waals surface area contributed by atoms with E-state index in [1.165, 1.54) is 0 Å². The second-order valence-corrected chi connectivity index (χ2v) is 11.9. The number of rotatable bonds is 2. The van der Waals surface area contributed by atoms with Crippen molar-refractivity contribution >= 4 is 12.0 Å². The Morgan fingerprint density at radius 3 is 2.66 bits per heavy atom. The van der Waals surface area contributed by atoms with E-state index in [-0.39, 0.29) is 24.9 Å². The number of nitrogens with zero attached hydrogens (tertiary/aromatic N) is 1. The molecule has 0 unspecified atom stereocenters. The first-order valence-corrected chi connectivity index (χ1v) is 13.2. The summed E-state index contributed by atoms with van der Waals surface area (Å²) >= 11 is 0. The number of aliphatic hydroxyl groups excluding tert-OH is 1. The molecule has 38 heavy (non-hydrogen) atoms. The Bertz CT molecular complexity index is 1420. The summed E-state index contributed by atoms with van der Waals surface area (Å²) in [6.45, 7) is 9.96. The molecule has 0 aromatic carbocycles. The molecule has 3 fully saturated rings. The van der Waals surface area contributed by atoms with Crippen LogP contribution in [0, 0.1) is 16.7 Å². The minimum atomic E-state index is -1.25. The molecule has 8 nitrogen and oxygen atoms in total. The smallest absolute Gasteiger partial charge is 0.347 e. The lowest BCUT2D eigenvalue weighted by Crippen LogP contribution is -2.70. The first kappa shape index (κ1) is 25.1. The fraction of sp³-hybridized carbons (Fsp3) is 0.500. The minimum Gasteiger partial charge on any atom is -0.479 e. The molecule has 4 heterocycles. The summed E-state index contributed by atoms with van der Waals surface area (Å²) in [7, 11) is 0. The molecule has 200 valence electrons. The average molecular weight is 520 g/mol. The van der Waals surface area contributed by atoms with E-state index < -0.39 is 33.8 Å². The van der Waals surface area contributed by atoms with Gasteiger partial charge in [-0.1, -0.05) is 13.5 Å². The number of fused-ring (bicyclic) bond motifs is 5. The van der Waals surface area contributed by atoms with Gasteiger partial charge in [-0.15, -0.1) is 0 Å². The van der Waals surface area contributed by atoms with E-state index in [4.69, 9.17) is 13.9 Å². The Balaban J connectivity index is 1.51. The Labute approximate surface area is 221 Å².